The Balaban J connectivity index is 1.75. The quantitative estimate of drug-likeness (QED) is 0.695. The minimum atomic E-state index is -0.115. The van der Waals surface area contributed by atoms with E-state index in [-0.39, 0.29) is 5.91 Å². The Morgan fingerprint density at radius 2 is 2.00 bits per heavy atom. The fourth-order valence-corrected chi connectivity index (χ4v) is 2.89. The number of rotatable bonds is 1. The van der Waals surface area contributed by atoms with Crippen LogP contribution in [0, 0.1) is 0 Å². The molecule has 1 aliphatic heterocycles. The number of nitrogen functional groups attached to an aromatic ring is 1. The molecular weight excluding hydrogens is 264 g/mol. The average molecular weight is 278 g/mol. The molecule has 4 nitrogen and oxygen atoms in total. The van der Waals surface area contributed by atoms with E-state index < -0.39 is 0 Å². The Hall–Kier alpha value is -2.75. The number of fused-ring (bicyclic) bond motifs is 2. The van der Waals surface area contributed by atoms with Crippen molar-refractivity contribution in [2.75, 3.05) is 17.2 Å². The summed E-state index contributed by atoms with van der Waals surface area (Å²) in [7, 11) is 0. The van der Waals surface area contributed by atoms with Crippen LogP contribution in [-0.2, 0) is 6.42 Å². The van der Waals surface area contributed by atoms with E-state index in [9.17, 15) is 4.79 Å². The zero-order valence-electron chi connectivity index (χ0n) is 11.4. The third kappa shape index (κ3) is 1.80. The van der Waals surface area contributed by atoms with Crippen LogP contribution < -0.4 is 10.6 Å². The van der Waals surface area contributed by atoms with E-state index in [1.165, 1.54) is 0 Å². The number of carbonyl (C=O) groups is 1. The van der Waals surface area contributed by atoms with Crippen LogP contribution in [0.3, 0.4) is 0 Å². The molecule has 4 rings (SSSR count). The monoisotopic (exact) mass is 278 g/mol. The van der Waals surface area contributed by atoms with Crippen LogP contribution in [0.2, 0.25) is 0 Å². The first-order valence-electron chi connectivity index (χ1n) is 6.92. The summed E-state index contributed by atoms with van der Waals surface area (Å²) in [5.74, 6) is 0.252. The van der Waals surface area contributed by atoms with Crippen molar-refractivity contribution in [1.82, 2.24) is 0 Å². The molecule has 1 aliphatic rings. The lowest BCUT2D eigenvalue weighted by molar-refractivity contribution is 0.0965. The topological polar surface area (TPSA) is 59.5 Å². The van der Waals surface area contributed by atoms with Gasteiger partial charge in [-0.05, 0) is 30.7 Å². The van der Waals surface area contributed by atoms with Crippen molar-refractivity contribution in [2.45, 2.75) is 6.42 Å². The highest BCUT2D eigenvalue weighted by Gasteiger charge is 2.28. The van der Waals surface area contributed by atoms with Crippen molar-refractivity contribution >= 4 is 28.3 Å². The largest absolute Gasteiger partial charge is 0.451 e. The second-order valence-corrected chi connectivity index (χ2v) is 5.20. The molecule has 0 spiro atoms. The Labute approximate surface area is 121 Å². The molecule has 0 bridgehead atoms. The number of nitrogens with zero attached hydrogens (tertiary/aromatic N) is 1. The molecular formula is C17H14N2O2. The van der Waals surface area contributed by atoms with Gasteiger partial charge in [-0.15, -0.1) is 0 Å². The standard InChI is InChI=1S/C17H14N2O2/c18-13-5-3-6-14-12(13)8-9-19(14)17(20)16-10-11-4-1-2-7-15(11)21-16/h1-7,10H,8-9,18H2. The number of anilines is 2. The zero-order chi connectivity index (χ0) is 14.4. The van der Waals surface area contributed by atoms with Crippen LogP contribution in [0.25, 0.3) is 11.0 Å². The number of furan rings is 1. The molecule has 0 saturated heterocycles. The molecule has 21 heavy (non-hydrogen) atoms. The van der Waals surface area contributed by atoms with Gasteiger partial charge in [0, 0.05) is 28.9 Å². The summed E-state index contributed by atoms with van der Waals surface area (Å²) < 4.78 is 5.67. The molecule has 0 unspecified atom stereocenters. The number of hydrogen-bond acceptors (Lipinski definition) is 3. The predicted octanol–water partition coefficient (Wildman–Crippen LogP) is 3.22. The normalized spacial score (nSPS) is 13.6. The molecule has 2 aromatic carbocycles. The number of nitrogens with two attached hydrogens (primary N) is 1. The fourth-order valence-electron chi connectivity index (χ4n) is 2.89. The Bertz CT molecular complexity index is 818. The zero-order valence-corrected chi connectivity index (χ0v) is 11.4. The molecule has 2 heterocycles. The third-order valence-electron chi connectivity index (χ3n) is 3.95. The van der Waals surface area contributed by atoms with Gasteiger partial charge >= 0.3 is 0 Å². The smallest absolute Gasteiger partial charge is 0.294 e. The maximum atomic E-state index is 12.7. The summed E-state index contributed by atoms with van der Waals surface area (Å²) in [5.41, 5.74) is 9.38. The van der Waals surface area contributed by atoms with Crippen LogP contribution in [0.15, 0.2) is 52.9 Å². The first-order valence-corrected chi connectivity index (χ1v) is 6.92. The van der Waals surface area contributed by atoms with Crippen molar-refractivity contribution < 1.29 is 9.21 Å². The van der Waals surface area contributed by atoms with Crippen LogP contribution in [-0.4, -0.2) is 12.5 Å². The maximum absolute atomic E-state index is 12.7. The van der Waals surface area contributed by atoms with Crippen LogP contribution in [0.4, 0.5) is 11.4 Å². The van der Waals surface area contributed by atoms with Crippen LogP contribution in [0.1, 0.15) is 16.1 Å². The summed E-state index contributed by atoms with van der Waals surface area (Å²) in [6.07, 6.45) is 0.786. The maximum Gasteiger partial charge on any atom is 0.294 e. The van der Waals surface area contributed by atoms with E-state index in [0.29, 0.717) is 12.3 Å². The lowest BCUT2D eigenvalue weighted by Crippen LogP contribution is -2.28. The lowest BCUT2D eigenvalue weighted by Gasteiger charge is -2.15. The van der Waals surface area contributed by atoms with Gasteiger partial charge in [0.15, 0.2) is 5.76 Å². The van der Waals surface area contributed by atoms with E-state index in [2.05, 4.69) is 0 Å². The fraction of sp³-hybridized carbons (Fsp3) is 0.118. The number of benzene rings is 2. The first-order chi connectivity index (χ1) is 10.2. The highest BCUT2D eigenvalue weighted by Crippen LogP contribution is 2.33. The molecule has 1 amide bonds. The number of hydrogen-bond donors (Lipinski definition) is 1. The minimum absolute atomic E-state index is 0.115. The van der Waals surface area contributed by atoms with E-state index >= 15 is 0 Å². The molecule has 4 heteroatoms. The van der Waals surface area contributed by atoms with Crippen molar-refractivity contribution in [3.8, 4) is 0 Å². The van der Waals surface area contributed by atoms with E-state index in [1.807, 2.05) is 42.5 Å². The first kappa shape index (κ1) is 12.0. The Morgan fingerprint density at radius 1 is 1.14 bits per heavy atom. The van der Waals surface area contributed by atoms with Gasteiger partial charge in [0.2, 0.25) is 0 Å². The van der Waals surface area contributed by atoms with Crippen LogP contribution >= 0.6 is 0 Å². The number of para-hydroxylation sites is 1. The van der Waals surface area contributed by atoms with Crippen LogP contribution in [0.5, 0.6) is 0 Å². The molecule has 2 N–H and O–H groups in total. The Kier molecular flexibility index (Phi) is 2.51. The molecule has 0 saturated carbocycles. The SMILES string of the molecule is Nc1cccc2c1CCN2C(=O)c1cc2ccccc2o1. The molecule has 104 valence electrons. The minimum Gasteiger partial charge on any atom is -0.451 e. The average Bonchev–Trinajstić information content (AvgIpc) is 3.11. The second-order valence-electron chi connectivity index (χ2n) is 5.20. The summed E-state index contributed by atoms with van der Waals surface area (Å²) in [4.78, 5) is 14.4. The van der Waals surface area contributed by atoms with Crippen molar-refractivity contribution in [3.05, 3.63) is 59.9 Å². The highest BCUT2D eigenvalue weighted by atomic mass is 16.3. The third-order valence-corrected chi connectivity index (χ3v) is 3.95. The van der Waals surface area contributed by atoms with Gasteiger partial charge in [0.05, 0.1) is 0 Å². The highest BCUT2D eigenvalue weighted by molar-refractivity contribution is 6.07. The van der Waals surface area contributed by atoms with Crippen molar-refractivity contribution in [2.24, 2.45) is 0 Å². The van der Waals surface area contributed by atoms with E-state index in [4.69, 9.17) is 10.2 Å². The summed E-state index contributed by atoms with van der Waals surface area (Å²) in [6.45, 7) is 0.638. The van der Waals surface area contributed by atoms with Gasteiger partial charge in [0.1, 0.15) is 5.58 Å². The molecule has 0 aliphatic carbocycles. The number of carbonyl (C=O) groups excluding carboxylic acids is 1. The summed E-state index contributed by atoms with van der Waals surface area (Å²) in [6, 6.07) is 15.1. The van der Waals surface area contributed by atoms with Crippen molar-refractivity contribution in [3.63, 3.8) is 0 Å². The molecule has 0 fully saturated rings. The number of amides is 1. The molecule has 0 radical (unpaired) electrons. The van der Waals surface area contributed by atoms with Gasteiger partial charge in [-0.25, -0.2) is 0 Å². The summed E-state index contributed by atoms with van der Waals surface area (Å²) >= 11 is 0. The lowest BCUT2D eigenvalue weighted by atomic mass is 10.1. The molecule has 1 aromatic heterocycles. The second kappa shape index (κ2) is 4.38. The van der Waals surface area contributed by atoms with Gasteiger partial charge < -0.3 is 15.1 Å². The predicted molar refractivity (Wildman–Crippen MR) is 82.4 cm³/mol. The van der Waals surface area contributed by atoms with E-state index in [0.717, 1.165) is 34.3 Å². The van der Waals surface area contributed by atoms with Gasteiger partial charge in [-0.1, -0.05) is 24.3 Å². The van der Waals surface area contributed by atoms with Gasteiger partial charge in [0.25, 0.3) is 5.91 Å². The molecule has 3 aromatic rings. The van der Waals surface area contributed by atoms with E-state index in [1.54, 1.807) is 11.0 Å². The molecule has 0 atom stereocenters. The van der Waals surface area contributed by atoms with Crippen molar-refractivity contribution in [1.29, 1.82) is 0 Å². The summed E-state index contributed by atoms with van der Waals surface area (Å²) in [5, 5.41) is 0.938. The Morgan fingerprint density at radius 3 is 2.86 bits per heavy atom. The van der Waals surface area contributed by atoms with Gasteiger partial charge in [-0.2, -0.15) is 0 Å². The van der Waals surface area contributed by atoms with Gasteiger partial charge in [-0.3, -0.25) is 4.79 Å².